The SMILES string of the molecule is COC(=O)Cc1ccc(Nc2ccc3c(-c4ccc(OCc5ccccc5)nc4OCc4ccccc4)nn(C)c3c2)cc1. The molecule has 8 heteroatoms. The highest BCUT2D eigenvalue weighted by atomic mass is 16.5. The summed E-state index contributed by atoms with van der Waals surface area (Å²) in [6, 6.07) is 37.6. The molecule has 2 heterocycles. The summed E-state index contributed by atoms with van der Waals surface area (Å²) in [4.78, 5) is 16.3. The molecule has 0 atom stereocenters. The van der Waals surface area contributed by atoms with Crippen LogP contribution in [-0.4, -0.2) is 27.8 Å². The first kappa shape index (κ1) is 28.5. The summed E-state index contributed by atoms with van der Waals surface area (Å²) in [6.45, 7) is 0.766. The third-order valence-electron chi connectivity index (χ3n) is 7.21. The number of fused-ring (bicyclic) bond motifs is 1. The van der Waals surface area contributed by atoms with E-state index in [1.54, 1.807) is 0 Å². The highest BCUT2D eigenvalue weighted by Gasteiger charge is 2.18. The molecule has 8 nitrogen and oxygen atoms in total. The highest BCUT2D eigenvalue weighted by molar-refractivity contribution is 5.96. The van der Waals surface area contributed by atoms with Gasteiger partial charge >= 0.3 is 5.97 Å². The van der Waals surface area contributed by atoms with E-state index < -0.39 is 0 Å². The van der Waals surface area contributed by atoms with Crippen LogP contribution < -0.4 is 14.8 Å². The van der Waals surface area contributed by atoms with Crippen LogP contribution in [0.3, 0.4) is 0 Å². The topological polar surface area (TPSA) is 87.5 Å². The second-order valence-electron chi connectivity index (χ2n) is 10.3. The molecule has 0 fully saturated rings. The molecule has 0 aliphatic carbocycles. The predicted molar refractivity (Wildman–Crippen MR) is 171 cm³/mol. The Morgan fingerprint density at radius 1 is 0.750 bits per heavy atom. The van der Waals surface area contributed by atoms with Crippen molar-refractivity contribution in [2.24, 2.45) is 7.05 Å². The van der Waals surface area contributed by atoms with Gasteiger partial charge in [-0.05, 0) is 53.1 Å². The highest BCUT2D eigenvalue weighted by Crippen LogP contribution is 2.36. The number of hydrogen-bond donors (Lipinski definition) is 1. The molecule has 0 saturated carbocycles. The number of aryl methyl sites for hydroxylation is 1. The van der Waals surface area contributed by atoms with Crippen molar-refractivity contribution in [3.8, 4) is 23.0 Å². The lowest BCUT2D eigenvalue weighted by molar-refractivity contribution is -0.139. The van der Waals surface area contributed by atoms with Gasteiger partial charge in [0.2, 0.25) is 11.8 Å². The molecule has 220 valence electrons. The van der Waals surface area contributed by atoms with E-state index in [9.17, 15) is 4.79 Å². The van der Waals surface area contributed by atoms with Crippen LogP contribution in [0.25, 0.3) is 22.2 Å². The average Bonchev–Trinajstić information content (AvgIpc) is 3.39. The Morgan fingerprint density at radius 3 is 2.09 bits per heavy atom. The number of nitrogens with one attached hydrogen (secondary N) is 1. The van der Waals surface area contributed by atoms with Crippen LogP contribution in [0.2, 0.25) is 0 Å². The third kappa shape index (κ3) is 6.71. The van der Waals surface area contributed by atoms with Gasteiger partial charge in [0.05, 0.1) is 24.6 Å². The van der Waals surface area contributed by atoms with E-state index in [-0.39, 0.29) is 12.4 Å². The zero-order valence-corrected chi connectivity index (χ0v) is 24.6. The van der Waals surface area contributed by atoms with Gasteiger partial charge in [-0.15, -0.1) is 0 Å². The Morgan fingerprint density at radius 2 is 1.41 bits per heavy atom. The fourth-order valence-electron chi connectivity index (χ4n) is 4.90. The molecule has 6 rings (SSSR count). The number of benzene rings is 4. The third-order valence-corrected chi connectivity index (χ3v) is 7.21. The van der Waals surface area contributed by atoms with Crippen LogP contribution in [0.5, 0.6) is 11.8 Å². The minimum Gasteiger partial charge on any atom is -0.473 e. The fraction of sp³-hybridized carbons (Fsp3) is 0.139. The maximum absolute atomic E-state index is 11.6. The van der Waals surface area contributed by atoms with Crippen molar-refractivity contribution < 1.29 is 19.0 Å². The Hall–Kier alpha value is -5.63. The van der Waals surface area contributed by atoms with Crippen LogP contribution in [0.4, 0.5) is 11.4 Å². The Labute approximate surface area is 255 Å². The van der Waals surface area contributed by atoms with Crippen molar-refractivity contribution in [2.45, 2.75) is 19.6 Å². The minimum atomic E-state index is -0.263. The lowest BCUT2D eigenvalue weighted by Gasteiger charge is -2.12. The van der Waals surface area contributed by atoms with Gasteiger partial charge in [0, 0.05) is 29.9 Å². The molecule has 4 aromatic carbocycles. The zero-order chi connectivity index (χ0) is 30.3. The molecule has 0 radical (unpaired) electrons. The van der Waals surface area contributed by atoms with E-state index in [2.05, 4.69) is 11.4 Å². The first-order chi connectivity index (χ1) is 21.6. The number of anilines is 2. The van der Waals surface area contributed by atoms with Gasteiger partial charge in [0.1, 0.15) is 18.9 Å². The molecule has 0 bridgehead atoms. The number of nitrogens with zero attached hydrogens (tertiary/aromatic N) is 3. The summed E-state index contributed by atoms with van der Waals surface area (Å²) in [6.07, 6.45) is 0.243. The average molecular weight is 585 g/mol. The molecule has 0 saturated heterocycles. The van der Waals surface area contributed by atoms with Crippen LogP contribution >= 0.6 is 0 Å². The maximum Gasteiger partial charge on any atom is 0.309 e. The van der Waals surface area contributed by atoms with E-state index in [4.69, 9.17) is 24.3 Å². The minimum absolute atomic E-state index is 0.243. The molecule has 0 unspecified atom stereocenters. The number of methoxy groups -OCH3 is 1. The zero-order valence-electron chi connectivity index (χ0n) is 24.6. The molecule has 44 heavy (non-hydrogen) atoms. The van der Waals surface area contributed by atoms with E-state index in [0.717, 1.165) is 50.2 Å². The van der Waals surface area contributed by atoms with Gasteiger partial charge < -0.3 is 19.5 Å². The van der Waals surface area contributed by atoms with E-state index in [1.807, 2.05) is 121 Å². The number of pyridine rings is 1. The van der Waals surface area contributed by atoms with Crippen molar-refractivity contribution in [1.29, 1.82) is 0 Å². The van der Waals surface area contributed by atoms with Crippen molar-refractivity contribution in [3.63, 3.8) is 0 Å². The fourth-order valence-corrected chi connectivity index (χ4v) is 4.90. The van der Waals surface area contributed by atoms with E-state index in [0.29, 0.717) is 25.0 Å². The lowest BCUT2D eigenvalue weighted by atomic mass is 10.1. The number of ether oxygens (including phenoxy) is 3. The molecular formula is C36H32N4O4. The second kappa shape index (κ2) is 13.1. The molecule has 1 N–H and O–H groups in total. The Kier molecular flexibility index (Phi) is 8.50. The summed E-state index contributed by atoms with van der Waals surface area (Å²) < 4.78 is 18.9. The molecule has 0 amide bonds. The number of hydrogen-bond acceptors (Lipinski definition) is 7. The summed E-state index contributed by atoms with van der Waals surface area (Å²) in [5, 5.41) is 9.29. The summed E-state index contributed by atoms with van der Waals surface area (Å²) >= 11 is 0. The lowest BCUT2D eigenvalue weighted by Crippen LogP contribution is -2.04. The number of carbonyl (C=O) groups excluding carboxylic acids is 1. The number of aromatic nitrogens is 3. The van der Waals surface area contributed by atoms with Crippen molar-refractivity contribution in [2.75, 3.05) is 12.4 Å². The number of carbonyl (C=O) groups is 1. The van der Waals surface area contributed by atoms with Gasteiger partial charge in [0.25, 0.3) is 0 Å². The summed E-state index contributed by atoms with van der Waals surface area (Å²) in [5.74, 6) is 0.667. The number of esters is 1. The van der Waals surface area contributed by atoms with Crippen molar-refractivity contribution in [3.05, 3.63) is 132 Å². The van der Waals surface area contributed by atoms with E-state index >= 15 is 0 Å². The van der Waals surface area contributed by atoms with Gasteiger partial charge in [-0.25, -0.2) is 0 Å². The number of rotatable bonds is 11. The standard InChI is InChI=1S/C36H32N4O4/c1-40-32-22-29(37-28-15-13-25(14-16-28)21-34(41)42-2)17-18-30(32)35(39-40)31-19-20-33(43-23-26-9-5-3-6-10-26)38-36(31)44-24-27-11-7-4-8-12-27/h3-20,22,37H,21,23-24H2,1-2H3. The Bertz CT molecular complexity index is 1870. The van der Waals surface area contributed by atoms with Gasteiger partial charge in [-0.2, -0.15) is 10.1 Å². The quantitative estimate of drug-likeness (QED) is 0.161. The summed E-state index contributed by atoms with van der Waals surface area (Å²) in [5.41, 5.74) is 7.31. The van der Waals surface area contributed by atoms with Crippen LogP contribution in [0, 0.1) is 0 Å². The molecule has 0 aliphatic rings. The molecule has 0 spiro atoms. The molecule has 0 aliphatic heterocycles. The van der Waals surface area contributed by atoms with Crippen LogP contribution in [-0.2, 0) is 36.2 Å². The van der Waals surface area contributed by atoms with E-state index in [1.165, 1.54) is 7.11 Å². The van der Waals surface area contributed by atoms with Crippen molar-refractivity contribution >= 4 is 28.2 Å². The Balaban J connectivity index is 1.27. The second-order valence-corrected chi connectivity index (χ2v) is 10.3. The molecule has 6 aromatic rings. The monoisotopic (exact) mass is 584 g/mol. The smallest absolute Gasteiger partial charge is 0.309 e. The summed E-state index contributed by atoms with van der Waals surface area (Å²) in [7, 11) is 3.32. The predicted octanol–water partition coefficient (Wildman–Crippen LogP) is 7.25. The van der Waals surface area contributed by atoms with Crippen LogP contribution in [0.1, 0.15) is 16.7 Å². The van der Waals surface area contributed by atoms with Gasteiger partial charge in [-0.1, -0.05) is 72.8 Å². The van der Waals surface area contributed by atoms with Gasteiger partial charge in [0.15, 0.2) is 0 Å². The van der Waals surface area contributed by atoms with Gasteiger partial charge in [-0.3, -0.25) is 9.48 Å². The largest absolute Gasteiger partial charge is 0.473 e. The van der Waals surface area contributed by atoms with Crippen LogP contribution in [0.15, 0.2) is 115 Å². The first-order valence-corrected chi connectivity index (χ1v) is 14.3. The molecule has 2 aromatic heterocycles. The van der Waals surface area contributed by atoms with Crippen molar-refractivity contribution in [1.82, 2.24) is 14.8 Å². The molecular weight excluding hydrogens is 552 g/mol. The normalized spacial score (nSPS) is 10.9. The first-order valence-electron chi connectivity index (χ1n) is 14.3. The maximum atomic E-state index is 11.6.